The van der Waals surface area contributed by atoms with Gasteiger partial charge in [-0.1, -0.05) is 12.1 Å². The number of nitrogens with one attached hydrogen (secondary N) is 1. The van der Waals surface area contributed by atoms with Gasteiger partial charge in [-0.3, -0.25) is 4.79 Å². The lowest BCUT2D eigenvalue weighted by atomic mass is 10.1. The molecule has 4 nitrogen and oxygen atoms in total. The zero-order chi connectivity index (χ0) is 14.0. The zero-order valence-corrected chi connectivity index (χ0v) is 9.65. The Kier molecular flexibility index (Phi) is 3.33. The highest BCUT2D eigenvalue weighted by atomic mass is 19.1. The highest BCUT2D eigenvalue weighted by Crippen LogP contribution is 2.25. The summed E-state index contributed by atoms with van der Waals surface area (Å²) in [5.74, 6) is -2.81. The summed E-state index contributed by atoms with van der Waals surface area (Å²) in [4.78, 5) is 11.8. The molecule has 0 aliphatic rings. The summed E-state index contributed by atoms with van der Waals surface area (Å²) in [5.41, 5.74) is 4.83. The number of phenolic OH excluding ortho intramolecular Hbond substituents is 1. The van der Waals surface area contributed by atoms with Gasteiger partial charge < -0.3 is 16.2 Å². The van der Waals surface area contributed by atoms with Gasteiger partial charge in [0.25, 0.3) is 5.91 Å². The number of para-hydroxylation sites is 1. The lowest BCUT2D eigenvalue weighted by Gasteiger charge is -2.10. The minimum atomic E-state index is -0.985. The van der Waals surface area contributed by atoms with E-state index >= 15 is 0 Å². The first-order valence-electron chi connectivity index (χ1n) is 5.33. The van der Waals surface area contributed by atoms with E-state index in [-0.39, 0.29) is 22.7 Å². The van der Waals surface area contributed by atoms with Gasteiger partial charge in [0.05, 0.1) is 11.3 Å². The van der Waals surface area contributed by atoms with E-state index < -0.39 is 17.5 Å². The second-order valence-corrected chi connectivity index (χ2v) is 3.82. The van der Waals surface area contributed by atoms with Crippen LogP contribution in [0.2, 0.25) is 0 Å². The van der Waals surface area contributed by atoms with Crippen LogP contribution in [0.5, 0.6) is 5.75 Å². The summed E-state index contributed by atoms with van der Waals surface area (Å²) in [6, 6.07) is 7.26. The summed E-state index contributed by atoms with van der Waals surface area (Å²) in [7, 11) is 0. The Morgan fingerprint density at radius 1 is 1.21 bits per heavy atom. The smallest absolute Gasteiger partial charge is 0.259 e. The zero-order valence-electron chi connectivity index (χ0n) is 9.65. The number of carbonyl (C=O) groups excluding carboxylic acids is 1. The molecule has 0 aliphatic heterocycles. The van der Waals surface area contributed by atoms with Crippen molar-refractivity contribution in [2.24, 2.45) is 0 Å². The van der Waals surface area contributed by atoms with Crippen LogP contribution in [0.1, 0.15) is 10.4 Å². The third kappa shape index (κ3) is 2.62. The van der Waals surface area contributed by atoms with Crippen molar-refractivity contribution in [3.05, 3.63) is 53.6 Å². The van der Waals surface area contributed by atoms with Crippen molar-refractivity contribution >= 4 is 17.3 Å². The quantitative estimate of drug-likeness (QED) is 0.729. The van der Waals surface area contributed by atoms with Crippen molar-refractivity contribution in [3.8, 4) is 5.75 Å². The Balaban J connectivity index is 2.32. The minimum Gasteiger partial charge on any atom is -0.507 e. The summed E-state index contributed by atoms with van der Waals surface area (Å²) < 4.78 is 26.4. The second-order valence-electron chi connectivity index (χ2n) is 3.82. The minimum absolute atomic E-state index is 0.0365. The van der Waals surface area contributed by atoms with Crippen LogP contribution >= 0.6 is 0 Å². The van der Waals surface area contributed by atoms with Gasteiger partial charge in [0, 0.05) is 6.07 Å². The van der Waals surface area contributed by atoms with Crippen molar-refractivity contribution in [2.45, 2.75) is 0 Å². The number of phenols is 1. The number of amides is 1. The number of aromatic hydroxyl groups is 1. The van der Waals surface area contributed by atoms with Gasteiger partial charge in [0.15, 0.2) is 5.82 Å². The second kappa shape index (κ2) is 4.93. The Morgan fingerprint density at radius 3 is 2.53 bits per heavy atom. The Morgan fingerprint density at radius 2 is 1.89 bits per heavy atom. The van der Waals surface area contributed by atoms with Crippen LogP contribution in [-0.2, 0) is 0 Å². The Labute approximate surface area is 107 Å². The van der Waals surface area contributed by atoms with Gasteiger partial charge in [-0.15, -0.1) is 0 Å². The van der Waals surface area contributed by atoms with E-state index in [1.807, 2.05) is 0 Å². The third-order valence-electron chi connectivity index (χ3n) is 2.47. The van der Waals surface area contributed by atoms with E-state index in [9.17, 15) is 18.7 Å². The van der Waals surface area contributed by atoms with Crippen molar-refractivity contribution in [2.75, 3.05) is 11.1 Å². The molecule has 0 aromatic heterocycles. The van der Waals surface area contributed by atoms with Crippen LogP contribution in [0.25, 0.3) is 0 Å². The molecule has 6 heteroatoms. The molecular formula is C13H10F2N2O2. The van der Waals surface area contributed by atoms with E-state index in [0.717, 1.165) is 6.07 Å². The van der Waals surface area contributed by atoms with Gasteiger partial charge >= 0.3 is 0 Å². The molecule has 1 amide bonds. The molecule has 0 saturated heterocycles. The standard InChI is InChI=1S/C13H10F2N2O2/c14-7-5-9(15)12(10(16)6-7)17-13(19)8-3-1-2-4-11(8)18/h1-6,18H,16H2,(H,17,19). The largest absolute Gasteiger partial charge is 0.507 e. The molecule has 0 unspecified atom stereocenters. The maximum atomic E-state index is 13.5. The summed E-state index contributed by atoms with van der Waals surface area (Å²) in [6.07, 6.45) is 0. The molecule has 0 saturated carbocycles. The number of carbonyl (C=O) groups is 1. The third-order valence-corrected chi connectivity index (χ3v) is 2.47. The first kappa shape index (κ1) is 12.8. The van der Waals surface area contributed by atoms with Gasteiger partial charge in [0.1, 0.15) is 17.3 Å². The first-order chi connectivity index (χ1) is 8.99. The average molecular weight is 264 g/mol. The van der Waals surface area contributed by atoms with Crippen LogP contribution in [0.4, 0.5) is 20.2 Å². The van der Waals surface area contributed by atoms with Crippen molar-refractivity contribution in [1.82, 2.24) is 0 Å². The predicted octanol–water partition coefficient (Wildman–Crippen LogP) is 2.50. The van der Waals surface area contributed by atoms with Gasteiger partial charge in [-0.05, 0) is 18.2 Å². The van der Waals surface area contributed by atoms with Crippen LogP contribution in [0, 0.1) is 11.6 Å². The number of anilines is 2. The number of hydrogen-bond acceptors (Lipinski definition) is 3. The average Bonchev–Trinajstić information content (AvgIpc) is 2.34. The number of rotatable bonds is 2. The highest BCUT2D eigenvalue weighted by Gasteiger charge is 2.15. The molecular weight excluding hydrogens is 254 g/mol. The fourth-order valence-electron chi connectivity index (χ4n) is 1.57. The normalized spacial score (nSPS) is 10.2. The lowest BCUT2D eigenvalue weighted by molar-refractivity contribution is 0.102. The summed E-state index contributed by atoms with van der Waals surface area (Å²) in [6.45, 7) is 0. The van der Waals surface area contributed by atoms with Gasteiger partial charge in [-0.2, -0.15) is 0 Å². The van der Waals surface area contributed by atoms with E-state index in [2.05, 4.69) is 5.32 Å². The Bertz CT molecular complexity index is 621. The van der Waals surface area contributed by atoms with E-state index in [1.165, 1.54) is 12.1 Å². The molecule has 2 rings (SSSR count). The molecule has 2 aromatic carbocycles. The van der Waals surface area contributed by atoms with E-state index in [1.54, 1.807) is 12.1 Å². The topological polar surface area (TPSA) is 75.3 Å². The van der Waals surface area contributed by atoms with Gasteiger partial charge in [0.2, 0.25) is 0 Å². The Hall–Kier alpha value is -2.63. The molecule has 0 fully saturated rings. The van der Waals surface area contributed by atoms with Crippen molar-refractivity contribution in [1.29, 1.82) is 0 Å². The molecule has 0 radical (unpaired) electrons. The van der Waals surface area contributed by atoms with Gasteiger partial charge in [-0.25, -0.2) is 8.78 Å². The molecule has 4 N–H and O–H groups in total. The lowest BCUT2D eigenvalue weighted by Crippen LogP contribution is -2.14. The fraction of sp³-hybridized carbons (Fsp3) is 0. The first-order valence-corrected chi connectivity index (χ1v) is 5.33. The highest BCUT2D eigenvalue weighted by molar-refractivity contribution is 6.07. The molecule has 0 aliphatic carbocycles. The molecule has 0 spiro atoms. The van der Waals surface area contributed by atoms with Crippen LogP contribution in [-0.4, -0.2) is 11.0 Å². The van der Waals surface area contributed by atoms with E-state index in [0.29, 0.717) is 6.07 Å². The molecule has 0 heterocycles. The number of nitrogens with two attached hydrogens (primary N) is 1. The number of benzene rings is 2. The number of nitrogen functional groups attached to an aromatic ring is 1. The number of hydrogen-bond donors (Lipinski definition) is 3. The SMILES string of the molecule is Nc1cc(F)cc(F)c1NC(=O)c1ccccc1O. The molecule has 19 heavy (non-hydrogen) atoms. The fourth-order valence-corrected chi connectivity index (χ4v) is 1.57. The molecule has 0 atom stereocenters. The monoisotopic (exact) mass is 264 g/mol. The van der Waals surface area contributed by atoms with Crippen molar-refractivity contribution in [3.63, 3.8) is 0 Å². The van der Waals surface area contributed by atoms with Crippen LogP contribution in [0.3, 0.4) is 0 Å². The maximum Gasteiger partial charge on any atom is 0.259 e. The van der Waals surface area contributed by atoms with Crippen LogP contribution in [0.15, 0.2) is 36.4 Å². The maximum absolute atomic E-state index is 13.5. The molecule has 0 bridgehead atoms. The van der Waals surface area contributed by atoms with E-state index in [4.69, 9.17) is 5.73 Å². The number of halogens is 2. The van der Waals surface area contributed by atoms with Crippen LogP contribution < -0.4 is 11.1 Å². The predicted molar refractivity (Wildman–Crippen MR) is 66.8 cm³/mol. The molecule has 98 valence electrons. The summed E-state index contributed by atoms with van der Waals surface area (Å²) in [5, 5.41) is 11.7. The van der Waals surface area contributed by atoms with Crippen molar-refractivity contribution < 1.29 is 18.7 Å². The summed E-state index contributed by atoms with van der Waals surface area (Å²) >= 11 is 0. The molecule has 2 aromatic rings.